The predicted octanol–water partition coefficient (Wildman–Crippen LogP) is 2.46. The molecule has 0 radical (unpaired) electrons. The van der Waals surface area contributed by atoms with Crippen molar-refractivity contribution < 1.29 is 13.9 Å². The third-order valence-electron chi connectivity index (χ3n) is 1.23. The number of methoxy groups -OCH3 is 1. The van der Waals surface area contributed by atoms with Crippen molar-refractivity contribution in [3.8, 4) is 5.75 Å². The van der Waals surface area contributed by atoms with E-state index in [9.17, 15) is 4.39 Å². The lowest BCUT2D eigenvalue weighted by molar-refractivity contribution is 0.0483. The molecule has 0 amide bonds. The molecule has 1 aromatic rings. The minimum atomic E-state index is -0.448. The Hall–Kier alpha value is -0.800. The van der Waals surface area contributed by atoms with Gasteiger partial charge in [0, 0.05) is 18.2 Å². The molecule has 0 unspecified atom stereocenters. The second kappa shape index (κ2) is 4.28. The van der Waals surface area contributed by atoms with E-state index in [2.05, 4.69) is 4.74 Å². The van der Waals surface area contributed by atoms with E-state index in [0.717, 1.165) is 0 Å². The molecular formula is C8H8ClFO2. The van der Waals surface area contributed by atoms with Crippen molar-refractivity contribution in [3.63, 3.8) is 0 Å². The van der Waals surface area contributed by atoms with Crippen LogP contribution >= 0.6 is 11.6 Å². The fourth-order valence-electron chi connectivity index (χ4n) is 0.710. The average Bonchev–Trinajstić information content (AvgIpc) is 2.07. The first-order valence-corrected chi connectivity index (χ1v) is 3.68. The zero-order chi connectivity index (χ0) is 8.97. The van der Waals surface area contributed by atoms with Crippen molar-refractivity contribution in [2.75, 3.05) is 13.9 Å². The molecule has 0 fully saturated rings. The van der Waals surface area contributed by atoms with Crippen LogP contribution in [0.1, 0.15) is 0 Å². The van der Waals surface area contributed by atoms with Gasteiger partial charge in [-0.1, -0.05) is 11.6 Å². The predicted molar refractivity (Wildman–Crippen MR) is 43.9 cm³/mol. The largest absolute Gasteiger partial charge is 0.464 e. The smallest absolute Gasteiger partial charge is 0.188 e. The Labute approximate surface area is 74.9 Å². The Balaban J connectivity index is 2.75. The minimum Gasteiger partial charge on any atom is -0.464 e. The van der Waals surface area contributed by atoms with Gasteiger partial charge >= 0.3 is 0 Å². The van der Waals surface area contributed by atoms with Gasteiger partial charge in [-0.25, -0.2) is 4.39 Å². The molecule has 0 bridgehead atoms. The number of benzene rings is 1. The molecule has 0 atom stereocenters. The van der Waals surface area contributed by atoms with Crippen LogP contribution in [0.5, 0.6) is 5.75 Å². The molecule has 4 heteroatoms. The lowest BCUT2D eigenvalue weighted by Gasteiger charge is -2.05. The highest BCUT2D eigenvalue weighted by Gasteiger charge is 2.02. The van der Waals surface area contributed by atoms with Gasteiger partial charge in [-0.15, -0.1) is 0 Å². The molecule has 12 heavy (non-hydrogen) atoms. The fourth-order valence-corrected chi connectivity index (χ4v) is 0.872. The summed E-state index contributed by atoms with van der Waals surface area (Å²) in [5.74, 6) is -0.346. The number of rotatable bonds is 3. The molecule has 1 aromatic carbocycles. The standard InChI is InChI=1S/C8H8ClFO2/c1-11-5-12-8-4-6(9)2-3-7(8)10/h2-4H,5H2,1H3. The third kappa shape index (κ3) is 2.36. The average molecular weight is 191 g/mol. The van der Waals surface area contributed by atoms with Gasteiger partial charge in [0.15, 0.2) is 18.4 Å². The quantitative estimate of drug-likeness (QED) is 0.682. The van der Waals surface area contributed by atoms with Crippen LogP contribution in [0.3, 0.4) is 0 Å². The van der Waals surface area contributed by atoms with Crippen LogP contribution in [0.15, 0.2) is 18.2 Å². The molecule has 66 valence electrons. The maximum atomic E-state index is 12.9. The summed E-state index contributed by atoms with van der Waals surface area (Å²) in [6.07, 6.45) is 0. The van der Waals surface area contributed by atoms with Crippen molar-refractivity contribution in [2.45, 2.75) is 0 Å². The van der Waals surface area contributed by atoms with Crippen molar-refractivity contribution >= 4 is 11.6 Å². The number of hydrogen-bond acceptors (Lipinski definition) is 2. The molecule has 0 heterocycles. The first-order chi connectivity index (χ1) is 5.74. The maximum Gasteiger partial charge on any atom is 0.188 e. The summed E-state index contributed by atoms with van der Waals surface area (Å²) in [5, 5.41) is 0.433. The highest BCUT2D eigenvalue weighted by atomic mass is 35.5. The van der Waals surface area contributed by atoms with Gasteiger partial charge in [-0.05, 0) is 12.1 Å². The van der Waals surface area contributed by atoms with E-state index in [1.54, 1.807) is 0 Å². The summed E-state index contributed by atoms with van der Waals surface area (Å²) in [5.41, 5.74) is 0. The van der Waals surface area contributed by atoms with Crippen LogP contribution in [0.25, 0.3) is 0 Å². The summed E-state index contributed by atoms with van der Waals surface area (Å²) in [4.78, 5) is 0. The SMILES string of the molecule is COCOc1cc(Cl)ccc1F. The van der Waals surface area contributed by atoms with Crippen LogP contribution in [-0.2, 0) is 4.74 Å². The molecule has 0 saturated carbocycles. The van der Waals surface area contributed by atoms with Gasteiger partial charge < -0.3 is 9.47 Å². The van der Waals surface area contributed by atoms with Crippen molar-refractivity contribution in [2.24, 2.45) is 0 Å². The molecule has 0 spiro atoms. The normalized spacial score (nSPS) is 9.92. The van der Waals surface area contributed by atoms with E-state index in [4.69, 9.17) is 16.3 Å². The monoisotopic (exact) mass is 190 g/mol. The van der Waals surface area contributed by atoms with E-state index < -0.39 is 5.82 Å². The molecule has 0 aliphatic heterocycles. The number of halogens is 2. The Kier molecular flexibility index (Phi) is 3.31. The molecule has 1 rings (SSSR count). The Bertz CT molecular complexity index is 265. The highest BCUT2D eigenvalue weighted by molar-refractivity contribution is 6.30. The fraction of sp³-hybridized carbons (Fsp3) is 0.250. The molecule has 2 nitrogen and oxygen atoms in total. The Morgan fingerprint density at radius 2 is 2.25 bits per heavy atom. The zero-order valence-electron chi connectivity index (χ0n) is 6.51. The third-order valence-corrected chi connectivity index (χ3v) is 1.46. The Morgan fingerprint density at radius 3 is 2.92 bits per heavy atom. The van der Waals surface area contributed by atoms with E-state index in [1.165, 1.54) is 25.3 Å². The van der Waals surface area contributed by atoms with E-state index in [1.807, 2.05) is 0 Å². The van der Waals surface area contributed by atoms with Gasteiger partial charge in [-0.2, -0.15) is 0 Å². The second-order valence-electron chi connectivity index (χ2n) is 2.13. The Morgan fingerprint density at radius 1 is 1.50 bits per heavy atom. The first kappa shape index (κ1) is 9.29. The van der Waals surface area contributed by atoms with E-state index in [-0.39, 0.29) is 12.5 Å². The molecule has 0 N–H and O–H groups in total. The lowest BCUT2D eigenvalue weighted by Crippen LogP contribution is -2.00. The topological polar surface area (TPSA) is 18.5 Å². The molecule has 0 saturated heterocycles. The van der Waals surface area contributed by atoms with Gasteiger partial charge in [0.05, 0.1) is 0 Å². The molecule has 0 aliphatic carbocycles. The van der Waals surface area contributed by atoms with Gasteiger partial charge in [-0.3, -0.25) is 0 Å². The second-order valence-corrected chi connectivity index (χ2v) is 2.56. The van der Waals surface area contributed by atoms with Gasteiger partial charge in [0.2, 0.25) is 0 Å². The van der Waals surface area contributed by atoms with E-state index in [0.29, 0.717) is 5.02 Å². The van der Waals surface area contributed by atoms with Crippen molar-refractivity contribution in [3.05, 3.63) is 29.0 Å². The van der Waals surface area contributed by atoms with Gasteiger partial charge in [0.1, 0.15) is 0 Å². The van der Waals surface area contributed by atoms with Crippen LogP contribution in [0.2, 0.25) is 5.02 Å². The van der Waals surface area contributed by atoms with Crippen molar-refractivity contribution in [1.82, 2.24) is 0 Å². The molecule has 0 aromatic heterocycles. The summed E-state index contributed by atoms with van der Waals surface area (Å²) in [7, 11) is 1.46. The summed E-state index contributed by atoms with van der Waals surface area (Å²) in [6.45, 7) is 0.0112. The van der Waals surface area contributed by atoms with Crippen LogP contribution in [0.4, 0.5) is 4.39 Å². The van der Waals surface area contributed by atoms with Crippen LogP contribution < -0.4 is 4.74 Å². The van der Waals surface area contributed by atoms with Crippen LogP contribution in [-0.4, -0.2) is 13.9 Å². The minimum absolute atomic E-state index is 0.0112. The highest BCUT2D eigenvalue weighted by Crippen LogP contribution is 2.21. The summed E-state index contributed by atoms with van der Waals surface area (Å²) in [6, 6.07) is 4.10. The number of ether oxygens (including phenoxy) is 2. The maximum absolute atomic E-state index is 12.9. The lowest BCUT2D eigenvalue weighted by atomic mass is 10.3. The summed E-state index contributed by atoms with van der Waals surface area (Å²) >= 11 is 5.61. The molecule has 0 aliphatic rings. The zero-order valence-corrected chi connectivity index (χ0v) is 7.27. The first-order valence-electron chi connectivity index (χ1n) is 3.31. The van der Waals surface area contributed by atoms with E-state index >= 15 is 0 Å². The van der Waals surface area contributed by atoms with Crippen LogP contribution in [0, 0.1) is 5.82 Å². The van der Waals surface area contributed by atoms with Crippen molar-refractivity contribution in [1.29, 1.82) is 0 Å². The molecular weight excluding hydrogens is 183 g/mol. The van der Waals surface area contributed by atoms with Gasteiger partial charge in [0.25, 0.3) is 0 Å². The number of hydrogen-bond donors (Lipinski definition) is 0. The summed E-state index contributed by atoms with van der Waals surface area (Å²) < 4.78 is 22.3.